The molecule has 2 aromatic rings. The summed E-state index contributed by atoms with van der Waals surface area (Å²) in [5.74, 6) is 0. The van der Waals surface area contributed by atoms with Gasteiger partial charge in [0, 0.05) is 11.6 Å². The molecule has 0 aliphatic heterocycles. The van der Waals surface area contributed by atoms with Crippen LogP contribution >= 0.6 is 0 Å². The zero-order chi connectivity index (χ0) is 11.7. The van der Waals surface area contributed by atoms with Crippen molar-refractivity contribution < 1.29 is 4.79 Å². The van der Waals surface area contributed by atoms with Gasteiger partial charge in [0.2, 0.25) is 6.08 Å². The van der Waals surface area contributed by atoms with Crippen LogP contribution < -0.4 is 0 Å². The first-order chi connectivity index (χ1) is 8.34. The molecule has 84 valence electrons. The molecule has 0 radical (unpaired) electrons. The summed E-state index contributed by atoms with van der Waals surface area (Å²) in [4.78, 5) is 18.9. The molecule has 3 heteroatoms. The Balaban J connectivity index is 2.14. The fraction of sp³-hybridized carbons (Fsp3) is 0.286. The van der Waals surface area contributed by atoms with Gasteiger partial charge in [-0.1, -0.05) is 18.2 Å². The molecular formula is C14H12N2O. The zero-order valence-corrected chi connectivity index (χ0v) is 9.39. The monoisotopic (exact) mass is 224 g/mol. The third kappa shape index (κ3) is 1.56. The number of nitrogens with zero attached hydrogens (tertiary/aromatic N) is 2. The Morgan fingerprint density at radius 2 is 2.18 bits per heavy atom. The minimum absolute atomic E-state index is 0.326. The molecule has 1 aliphatic carbocycles. The van der Waals surface area contributed by atoms with Gasteiger partial charge in [-0.05, 0) is 37.0 Å². The molecule has 1 aliphatic rings. The van der Waals surface area contributed by atoms with Crippen molar-refractivity contribution in [2.24, 2.45) is 4.99 Å². The molecule has 0 saturated heterocycles. The van der Waals surface area contributed by atoms with Gasteiger partial charge in [-0.25, -0.2) is 4.79 Å². The number of benzene rings is 1. The molecule has 0 bridgehead atoms. The molecule has 0 atom stereocenters. The highest BCUT2D eigenvalue weighted by molar-refractivity contribution is 5.79. The summed E-state index contributed by atoms with van der Waals surface area (Å²) in [6.07, 6.45) is 6.47. The lowest BCUT2D eigenvalue weighted by molar-refractivity contribution is 0.256. The van der Waals surface area contributed by atoms with E-state index in [1.807, 2.05) is 30.3 Å². The Labute approximate surface area is 99.2 Å². The first kappa shape index (κ1) is 10.2. The smallest absolute Gasteiger partial charge is 0.235 e. The summed E-state index contributed by atoms with van der Waals surface area (Å²) in [7, 11) is 0. The van der Waals surface area contributed by atoms with Crippen LogP contribution in [0.25, 0.3) is 10.9 Å². The van der Waals surface area contributed by atoms with E-state index in [0.717, 1.165) is 35.7 Å². The van der Waals surface area contributed by atoms with Gasteiger partial charge in [-0.3, -0.25) is 4.98 Å². The van der Waals surface area contributed by atoms with Gasteiger partial charge in [0.25, 0.3) is 0 Å². The average molecular weight is 224 g/mol. The first-order valence-electron chi connectivity index (χ1n) is 5.78. The Kier molecular flexibility index (Phi) is 2.27. The fourth-order valence-electron chi connectivity index (χ4n) is 2.42. The highest BCUT2D eigenvalue weighted by atomic mass is 16.1. The average Bonchev–Trinajstić information content (AvgIpc) is 2.33. The normalized spacial score (nSPS) is 17.2. The van der Waals surface area contributed by atoms with Gasteiger partial charge in [0.1, 0.15) is 0 Å². The summed E-state index contributed by atoms with van der Waals surface area (Å²) < 4.78 is 0. The summed E-state index contributed by atoms with van der Waals surface area (Å²) in [6.45, 7) is 0. The van der Waals surface area contributed by atoms with E-state index in [1.165, 1.54) is 0 Å². The summed E-state index contributed by atoms with van der Waals surface area (Å²) in [5.41, 5.74) is 1.71. The van der Waals surface area contributed by atoms with Crippen LogP contribution in [0.1, 0.15) is 24.8 Å². The van der Waals surface area contributed by atoms with Crippen molar-refractivity contribution in [3.05, 3.63) is 42.1 Å². The number of aromatic nitrogens is 1. The number of rotatable bonds is 2. The van der Waals surface area contributed by atoms with Crippen LogP contribution in [-0.2, 0) is 10.3 Å². The van der Waals surface area contributed by atoms with Crippen LogP contribution in [0.15, 0.2) is 41.5 Å². The SMILES string of the molecule is O=C=NC1(c2ccc3cccnc3c2)CCC1. The second-order valence-electron chi connectivity index (χ2n) is 4.50. The highest BCUT2D eigenvalue weighted by Crippen LogP contribution is 2.45. The number of isocyanates is 1. The van der Waals surface area contributed by atoms with Crippen LogP contribution in [-0.4, -0.2) is 11.1 Å². The molecule has 1 aromatic carbocycles. The third-order valence-corrected chi connectivity index (χ3v) is 3.58. The summed E-state index contributed by atoms with van der Waals surface area (Å²) in [6, 6.07) is 10.1. The van der Waals surface area contributed by atoms with Gasteiger partial charge < -0.3 is 0 Å². The predicted octanol–water partition coefficient (Wildman–Crippen LogP) is 2.95. The van der Waals surface area contributed by atoms with Crippen LogP contribution in [0.5, 0.6) is 0 Å². The lowest BCUT2D eigenvalue weighted by Gasteiger charge is -2.37. The number of hydrogen-bond donors (Lipinski definition) is 0. The van der Waals surface area contributed by atoms with Gasteiger partial charge in [-0.2, -0.15) is 4.99 Å². The van der Waals surface area contributed by atoms with E-state index >= 15 is 0 Å². The van der Waals surface area contributed by atoms with Gasteiger partial charge >= 0.3 is 0 Å². The van der Waals surface area contributed by atoms with Crippen molar-refractivity contribution in [2.75, 3.05) is 0 Å². The minimum atomic E-state index is -0.326. The molecule has 0 amide bonds. The van der Waals surface area contributed by atoms with E-state index in [0.29, 0.717) is 0 Å². The third-order valence-electron chi connectivity index (χ3n) is 3.58. The van der Waals surface area contributed by atoms with Crippen molar-refractivity contribution in [3.63, 3.8) is 0 Å². The van der Waals surface area contributed by atoms with E-state index in [2.05, 4.69) is 9.98 Å². The van der Waals surface area contributed by atoms with Crippen molar-refractivity contribution >= 4 is 17.0 Å². The molecule has 3 nitrogen and oxygen atoms in total. The maximum absolute atomic E-state index is 10.5. The van der Waals surface area contributed by atoms with Crippen LogP contribution in [0.4, 0.5) is 0 Å². The van der Waals surface area contributed by atoms with Crippen molar-refractivity contribution in [3.8, 4) is 0 Å². The first-order valence-corrected chi connectivity index (χ1v) is 5.78. The van der Waals surface area contributed by atoms with Gasteiger partial charge in [0.05, 0.1) is 11.1 Å². The zero-order valence-electron chi connectivity index (χ0n) is 9.39. The molecule has 0 N–H and O–H groups in total. The standard InChI is InChI=1S/C14H12N2O/c17-10-16-14(6-2-7-14)12-5-4-11-3-1-8-15-13(11)9-12/h1,3-5,8-9H,2,6-7H2. The quantitative estimate of drug-likeness (QED) is 0.581. The maximum atomic E-state index is 10.5. The Morgan fingerprint density at radius 1 is 1.29 bits per heavy atom. The molecule has 0 spiro atoms. The molecule has 1 fully saturated rings. The molecule has 1 heterocycles. The lowest BCUT2D eigenvalue weighted by atomic mass is 9.72. The topological polar surface area (TPSA) is 42.3 Å². The minimum Gasteiger partial charge on any atom is -0.256 e. The van der Waals surface area contributed by atoms with E-state index in [1.54, 1.807) is 12.3 Å². The second-order valence-corrected chi connectivity index (χ2v) is 4.50. The molecule has 1 aromatic heterocycles. The van der Waals surface area contributed by atoms with E-state index < -0.39 is 0 Å². The number of aliphatic imine (C=N–C) groups is 1. The molecule has 0 unspecified atom stereocenters. The number of pyridine rings is 1. The number of carbonyl (C=O) groups excluding carboxylic acids is 1. The lowest BCUT2D eigenvalue weighted by Crippen LogP contribution is -2.31. The summed E-state index contributed by atoms with van der Waals surface area (Å²) >= 11 is 0. The Hall–Kier alpha value is -1.99. The summed E-state index contributed by atoms with van der Waals surface area (Å²) in [5, 5.41) is 1.11. The van der Waals surface area contributed by atoms with Crippen LogP contribution in [0, 0.1) is 0 Å². The van der Waals surface area contributed by atoms with Crippen molar-refractivity contribution in [2.45, 2.75) is 24.8 Å². The van der Waals surface area contributed by atoms with E-state index in [9.17, 15) is 4.79 Å². The fourth-order valence-corrected chi connectivity index (χ4v) is 2.42. The van der Waals surface area contributed by atoms with E-state index in [4.69, 9.17) is 0 Å². The Morgan fingerprint density at radius 3 is 2.88 bits per heavy atom. The number of hydrogen-bond acceptors (Lipinski definition) is 3. The molecule has 17 heavy (non-hydrogen) atoms. The molecular weight excluding hydrogens is 212 g/mol. The predicted molar refractivity (Wildman–Crippen MR) is 65.4 cm³/mol. The molecule has 3 rings (SSSR count). The second kappa shape index (κ2) is 3.79. The molecule has 1 saturated carbocycles. The van der Waals surface area contributed by atoms with Crippen LogP contribution in [0.3, 0.4) is 0 Å². The van der Waals surface area contributed by atoms with Gasteiger partial charge in [0.15, 0.2) is 0 Å². The maximum Gasteiger partial charge on any atom is 0.235 e. The van der Waals surface area contributed by atoms with Gasteiger partial charge in [-0.15, -0.1) is 0 Å². The Bertz CT molecular complexity index is 610. The highest BCUT2D eigenvalue weighted by Gasteiger charge is 2.38. The van der Waals surface area contributed by atoms with E-state index in [-0.39, 0.29) is 5.54 Å². The van der Waals surface area contributed by atoms with Crippen molar-refractivity contribution in [1.82, 2.24) is 4.98 Å². The van der Waals surface area contributed by atoms with Crippen LogP contribution in [0.2, 0.25) is 0 Å². The number of fused-ring (bicyclic) bond motifs is 1. The largest absolute Gasteiger partial charge is 0.256 e. The van der Waals surface area contributed by atoms with Crippen molar-refractivity contribution in [1.29, 1.82) is 0 Å².